The van der Waals surface area contributed by atoms with Gasteiger partial charge in [0.25, 0.3) is 5.91 Å². The number of urea groups is 1. The fourth-order valence-corrected chi connectivity index (χ4v) is 3.31. The summed E-state index contributed by atoms with van der Waals surface area (Å²) in [5.41, 5.74) is 0.130. The van der Waals surface area contributed by atoms with Crippen molar-refractivity contribution in [3.8, 4) is 0 Å². The molecule has 0 bridgehead atoms. The number of carbonyl (C=O) groups is 3. The molecule has 0 saturated carbocycles. The molecule has 1 saturated heterocycles. The Hall–Kier alpha value is -2.80. The fraction of sp³-hybridized carbons (Fsp3) is 0.211. The third kappa shape index (κ3) is 3.43. The Morgan fingerprint density at radius 3 is 2.58 bits per heavy atom. The van der Waals surface area contributed by atoms with Gasteiger partial charge in [-0.25, -0.2) is 4.79 Å². The third-order valence-electron chi connectivity index (χ3n) is 4.28. The van der Waals surface area contributed by atoms with Crippen molar-refractivity contribution in [2.75, 3.05) is 18.1 Å². The molecule has 2 aromatic rings. The normalized spacial score (nSPS) is 19.4. The molecule has 0 aromatic heterocycles. The van der Waals surface area contributed by atoms with Crippen LogP contribution in [0.4, 0.5) is 10.5 Å². The minimum atomic E-state index is -1.17. The van der Waals surface area contributed by atoms with Crippen molar-refractivity contribution in [1.82, 2.24) is 10.2 Å². The summed E-state index contributed by atoms with van der Waals surface area (Å²) in [6, 6.07) is 15.8. The zero-order valence-electron chi connectivity index (χ0n) is 14.5. The molecule has 7 heteroatoms. The standard InChI is InChI=1S/C19H19N3O3S/c1-19(13-7-4-3-5-8-13)17(24)22(18(25)21-19)12-16(23)20-14-9-6-10-15(11-14)26-2/h3-11H,12H2,1-2H3,(H,20,23)(H,21,25)/t19-/m0/s1. The lowest BCUT2D eigenvalue weighted by molar-refractivity contribution is -0.133. The summed E-state index contributed by atoms with van der Waals surface area (Å²) in [7, 11) is 0. The number of carbonyl (C=O) groups excluding carboxylic acids is 3. The van der Waals surface area contributed by atoms with E-state index in [0.29, 0.717) is 11.3 Å². The van der Waals surface area contributed by atoms with Crippen LogP contribution in [0.1, 0.15) is 12.5 Å². The van der Waals surface area contributed by atoms with Gasteiger partial charge >= 0.3 is 6.03 Å². The second kappa shape index (κ2) is 7.21. The average molecular weight is 369 g/mol. The molecule has 1 atom stereocenters. The van der Waals surface area contributed by atoms with Crippen molar-refractivity contribution in [3.05, 3.63) is 60.2 Å². The van der Waals surface area contributed by atoms with Crippen LogP contribution in [0, 0.1) is 0 Å². The average Bonchev–Trinajstić information content (AvgIpc) is 2.87. The van der Waals surface area contributed by atoms with Crippen LogP contribution in [0.2, 0.25) is 0 Å². The van der Waals surface area contributed by atoms with Crippen molar-refractivity contribution in [2.45, 2.75) is 17.4 Å². The minimum Gasteiger partial charge on any atom is -0.324 e. The van der Waals surface area contributed by atoms with Crippen LogP contribution in [0.25, 0.3) is 0 Å². The maximum absolute atomic E-state index is 12.8. The summed E-state index contributed by atoms with van der Waals surface area (Å²) >= 11 is 1.56. The molecule has 1 aliphatic heterocycles. The van der Waals surface area contributed by atoms with E-state index in [1.807, 2.05) is 30.5 Å². The Labute approximate surface area is 156 Å². The second-order valence-electron chi connectivity index (χ2n) is 6.09. The Bertz CT molecular complexity index is 856. The molecular formula is C19H19N3O3S. The lowest BCUT2D eigenvalue weighted by Crippen LogP contribution is -2.42. The SMILES string of the molecule is CSc1cccc(NC(=O)CN2C(=O)N[C@@](C)(c3ccccc3)C2=O)c1. The molecule has 3 rings (SSSR count). The fourth-order valence-electron chi connectivity index (χ4n) is 2.85. The molecule has 1 fully saturated rings. The number of benzene rings is 2. The highest BCUT2D eigenvalue weighted by Gasteiger charge is 2.49. The van der Waals surface area contributed by atoms with Crippen molar-refractivity contribution < 1.29 is 14.4 Å². The van der Waals surface area contributed by atoms with Gasteiger partial charge in [0.15, 0.2) is 0 Å². The Morgan fingerprint density at radius 1 is 1.15 bits per heavy atom. The maximum Gasteiger partial charge on any atom is 0.325 e. The van der Waals surface area contributed by atoms with Gasteiger partial charge in [-0.2, -0.15) is 0 Å². The molecule has 0 aliphatic carbocycles. The Balaban J connectivity index is 1.72. The number of rotatable bonds is 5. The Morgan fingerprint density at radius 2 is 1.88 bits per heavy atom. The number of thioether (sulfide) groups is 1. The quantitative estimate of drug-likeness (QED) is 0.627. The number of anilines is 1. The van der Waals surface area contributed by atoms with Crippen LogP contribution < -0.4 is 10.6 Å². The number of hydrogen-bond donors (Lipinski definition) is 2. The van der Waals surface area contributed by atoms with Crippen LogP contribution in [0.5, 0.6) is 0 Å². The summed E-state index contributed by atoms with van der Waals surface area (Å²) in [4.78, 5) is 39.3. The van der Waals surface area contributed by atoms with Gasteiger partial charge in [0.1, 0.15) is 12.1 Å². The molecule has 1 heterocycles. The van der Waals surface area contributed by atoms with Gasteiger partial charge in [0.2, 0.25) is 5.91 Å². The first-order valence-corrected chi connectivity index (χ1v) is 9.30. The van der Waals surface area contributed by atoms with E-state index in [0.717, 1.165) is 9.80 Å². The predicted molar refractivity (Wildman–Crippen MR) is 101 cm³/mol. The summed E-state index contributed by atoms with van der Waals surface area (Å²) in [5, 5.41) is 5.41. The zero-order chi connectivity index (χ0) is 18.7. The van der Waals surface area contributed by atoms with E-state index in [4.69, 9.17) is 0 Å². The van der Waals surface area contributed by atoms with Crippen molar-refractivity contribution in [3.63, 3.8) is 0 Å². The van der Waals surface area contributed by atoms with E-state index in [9.17, 15) is 14.4 Å². The molecule has 26 heavy (non-hydrogen) atoms. The molecule has 0 unspecified atom stereocenters. The van der Waals surface area contributed by atoms with Crippen molar-refractivity contribution >= 4 is 35.3 Å². The van der Waals surface area contributed by atoms with Gasteiger partial charge in [-0.05, 0) is 36.9 Å². The number of nitrogens with one attached hydrogen (secondary N) is 2. The van der Waals surface area contributed by atoms with Crippen LogP contribution in [0.15, 0.2) is 59.5 Å². The van der Waals surface area contributed by atoms with Crippen LogP contribution >= 0.6 is 11.8 Å². The molecule has 1 aliphatic rings. The number of nitrogens with zero attached hydrogens (tertiary/aromatic N) is 1. The largest absolute Gasteiger partial charge is 0.325 e. The molecule has 0 spiro atoms. The third-order valence-corrected chi connectivity index (χ3v) is 5.01. The maximum atomic E-state index is 12.8. The van der Waals surface area contributed by atoms with Gasteiger partial charge in [0.05, 0.1) is 0 Å². The van der Waals surface area contributed by atoms with E-state index in [2.05, 4.69) is 10.6 Å². The molecular weight excluding hydrogens is 350 g/mol. The van der Waals surface area contributed by atoms with Gasteiger partial charge in [-0.15, -0.1) is 11.8 Å². The topological polar surface area (TPSA) is 78.5 Å². The van der Waals surface area contributed by atoms with Crippen molar-refractivity contribution in [2.24, 2.45) is 0 Å². The number of imide groups is 1. The summed E-state index contributed by atoms with van der Waals surface area (Å²) in [6.07, 6.45) is 1.94. The highest BCUT2D eigenvalue weighted by Crippen LogP contribution is 2.28. The predicted octanol–water partition coefficient (Wildman–Crippen LogP) is 2.81. The molecule has 2 aromatic carbocycles. The van der Waals surface area contributed by atoms with Crippen LogP contribution in [-0.4, -0.2) is 35.5 Å². The van der Waals surface area contributed by atoms with Gasteiger partial charge in [-0.3, -0.25) is 14.5 Å². The molecule has 4 amide bonds. The number of amides is 4. The second-order valence-corrected chi connectivity index (χ2v) is 6.97. The lowest BCUT2D eigenvalue weighted by atomic mass is 9.92. The molecule has 0 radical (unpaired) electrons. The first kappa shape index (κ1) is 18.0. The zero-order valence-corrected chi connectivity index (χ0v) is 15.3. The van der Waals surface area contributed by atoms with E-state index in [1.165, 1.54) is 0 Å². The van der Waals surface area contributed by atoms with Crippen LogP contribution in [0.3, 0.4) is 0 Å². The van der Waals surface area contributed by atoms with Crippen molar-refractivity contribution in [1.29, 1.82) is 0 Å². The summed E-state index contributed by atoms with van der Waals surface area (Å²) in [6.45, 7) is 1.30. The first-order valence-electron chi connectivity index (χ1n) is 8.07. The Kier molecular flexibility index (Phi) is 4.99. The monoisotopic (exact) mass is 369 g/mol. The lowest BCUT2D eigenvalue weighted by Gasteiger charge is -2.22. The van der Waals surface area contributed by atoms with E-state index < -0.39 is 23.4 Å². The van der Waals surface area contributed by atoms with E-state index in [1.54, 1.807) is 49.0 Å². The highest BCUT2D eigenvalue weighted by molar-refractivity contribution is 7.98. The molecule has 2 N–H and O–H groups in total. The van der Waals surface area contributed by atoms with E-state index >= 15 is 0 Å². The molecule has 6 nitrogen and oxygen atoms in total. The van der Waals surface area contributed by atoms with Crippen LogP contribution in [-0.2, 0) is 15.1 Å². The van der Waals surface area contributed by atoms with Gasteiger partial charge in [-0.1, -0.05) is 36.4 Å². The first-order chi connectivity index (χ1) is 12.4. The smallest absolute Gasteiger partial charge is 0.324 e. The minimum absolute atomic E-state index is 0.337. The van der Waals surface area contributed by atoms with Gasteiger partial charge in [0, 0.05) is 10.6 Å². The van der Waals surface area contributed by atoms with E-state index in [-0.39, 0.29) is 6.54 Å². The van der Waals surface area contributed by atoms with Gasteiger partial charge < -0.3 is 10.6 Å². The summed E-state index contributed by atoms with van der Waals surface area (Å²) < 4.78 is 0. The highest BCUT2D eigenvalue weighted by atomic mass is 32.2. The molecule has 134 valence electrons. The summed E-state index contributed by atoms with van der Waals surface area (Å²) in [5.74, 6) is -0.870. The number of hydrogen-bond acceptors (Lipinski definition) is 4.